The number of hydrogen-bond acceptors (Lipinski definition) is 3. The Hall–Kier alpha value is -1.49. The van der Waals surface area contributed by atoms with E-state index in [-0.39, 0.29) is 23.7 Å². The van der Waals surface area contributed by atoms with Gasteiger partial charge in [0.25, 0.3) is 0 Å². The lowest BCUT2D eigenvalue weighted by atomic mass is 9.92. The molecular formula is C16H21FN2O2. The molecule has 2 unspecified atom stereocenters. The second-order valence-corrected chi connectivity index (χ2v) is 6.18. The van der Waals surface area contributed by atoms with Crippen LogP contribution in [-0.4, -0.2) is 41.1 Å². The van der Waals surface area contributed by atoms with Crippen LogP contribution in [0.4, 0.5) is 4.39 Å². The highest BCUT2D eigenvalue weighted by molar-refractivity contribution is 5.78. The van der Waals surface area contributed by atoms with E-state index in [1.54, 1.807) is 6.07 Å². The Bertz CT molecular complexity index is 520. The van der Waals surface area contributed by atoms with Gasteiger partial charge in [0.1, 0.15) is 5.82 Å². The lowest BCUT2D eigenvalue weighted by molar-refractivity contribution is -0.130. The lowest BCUT2D eigenvalue weighted by Crippen LogP contribution is -2.36. The third-order valence-electron chi connectivity index (χ3n) is 4.65. The van der Waals surface area contributed by atoms with Crippen LogP contribution in [0.15, 0.2) is 18.3 Å². The molecule has 2 aliphatic rings. The topological polar surface area (TPSA) is 42.4 Å². The number of carbonyl (C=O) groups is 1. The molecule has 0 saturated carbocycles. The zero-order chi connectivity index (χ0) is 14.9. The second kappa shape index (κ2) is 5.72. The minimum Gasteiger partial charge on any atom is -0.373 e. The van der Waals surface area contributed by atoms with Gasteiger partial charge in [-0.15, -0.1) is 0 Å². The Balaban J connectivity index is 1.58. The first kappa shape index (κ1) is 14.4. The summed E-state index contributed by atoms with van der Waals surface area (Å²) in [6, 6.07) is 2.91. The molecule has 114 valence electrons. The summed E-state index contributed by atoms with van der Waals surface area (Å²) in [5.74, 6) is 0.296. The van der Waals surface area contributed by atoms with E-state index in [2.05, 4.69) is 11.9 Å². The van der Waals surface area contributed by atoms with Gasteiger partial charge in [0.2, 0.25) is 5.91 Å². The Labute approximate surface area is 124 Å². The minimum absolute atomic E-state index is 0.0505. The molecule has 5 heteroatoms. The van der Waals surface area contributed by atoms with Gasteiger partial charge in [-0.1, -0.05) is 13.3 Å². The number of carbonyl (C=O) groups excluding carboxylic acids is 1. The largest absolute Gasteiger partial charge is 0.373 e. The van der Waals surface area contributed by atoms with E-state index in [9.17, 15) is 9.18 Å². The van der Waals surface area contributed by atoms with Crippen molar-refractivity contribution in [2.45, 2.75) is 38.2 Å². The fraction of sp³-hybridized carbons (Fsp3) is 0.625. The van der Waals surface area contributed by atoms with Crippen LogP contribution in [0.3, 0.4) is 0 Å². The number of rotatable bonds is 3. The molecular weight excluding hydrogens is 271 g/mol. The molecule has 2 fully saturated rings. The van der Waals surface area contributed by atoms with E-state index >= 15 is 0 Å². The summed E-state index contributed by atoms with van der Waals surface area (Å²) in [5, 5.41) is 0. The predicted molar refractivity (Wildman–Crippen MR) is 76.2 cm³/mol. The highest BCUT2D eigenvalue weighted by Gasteiger charge is 2.46. The van der Waals surface area contributed by atoms with Crippen LogP contribution in [-0.2, 0) is 16.0 Å². The first-order valence-electron chi connectivity index (χ1n) is 7.62. The molecule has 3 rings (SSSR count). The van der Waals surface area contributed by atoms with Gasteiger partial charge >= 0.3 is 0 Å². The van der Waals surface area contributed by atoms with Crippen molar-refractivity contribution in [1.29, 1.82) is 0 Å². The molecule has 3 heterocycles. The van der Waals surface area contributed by atoms with Crippen molar-refractivity contribution < 1.29 is 13.9 Å². The van der Waals surface area contributed by atoms with Crippen LogP contribution in [0.2, 0.25) is 0 Å². The SMILES string of the molecule is CCC1COC2(CCN(C(=O)Cc3ccc(F)cn3)C2)C1. The zero-order valence-corrected chi connectivity index (χ0v) is 12.3. The van der Waals surface area contributed by atoms with Crippen LogP contribution in [0.5, 0.6) is 0 Å². The summed E-state index contributed by atoms with van der Waals surface area (Å²) in [7, 11) is 0. The summed E-state index contributed by atoms with van der Waals surface area (Å²) < 4.78 is 18.8. The molecule has 21 heavy (non-hydrogen) atoms. The normalized spacial score (nSPS) is 28.5. The summed E-state index contributed by atoms with van der Waals surface area (Å²) in [4.78, 5) is 18.1. The Morgan fingerprint density at radius 2 is 2.43 bits per heavy atom. The highest BCUT2D eigenvalue weighted by Crippen LogP contribution is 2.39. The van der Waals surface area contributed by atoms with Gasteiger partial charge in [0.05, 0.1) is 24.8 Å². The van der Waals surface area contributed by atoms with Crippen molar-refractivity contribution in [3.8, 4) is 0 Å². The maximum atomic E-state index is 12.8. The molecule has 1 aromatic rings. The molecule has 0 aromatic carbocycles. The maximum Gasteiger partial charge on any atom is 0.228 e. The van der Waals surface area contributed by atoms with Crippen molar-refractivity contribution in [2.75, 3.05) is 19.7 Å². The summed E-state index contributed by atoms with van der Waals surface area (Å²) in [6.45, 7) is 4.43. The van der Waals surface area contributed by atoms with Crippen molar-refractivity contribution in [2.24, 2.45) is 5.92 Å². The van der Waals surface area contributed by atoms with E-state index in [1.165, 1.54) is 6.07 Å². The van der Waals surface area contributed by atoms with Gasteiger partial charge in [-0.3, -0.25) is 9.78 Å². The summed E-state index contributed by atoms with van der Waals surface area (Å²) in [5.41, 5.74) is 0.494. The van der Waals surface area contributed by atoms with Crippen molar-refractivity contribution in [3.05, 3.63) is 29.8 Å². The van der Waals surface area contributed by atoms with E-state index in [4.69, 9.17) is 4.74 Å². The molecule has 0 bridgehead atoms. The second-order valence-electron chi connectivity index (χ2n) is 6.18. The van der Waals surface area contributed by atoms with Crippen LogP contribution >= 0.6 is 0 Å². The molecule has 1 aromatic heterocycles. The van der Waals surface area contributed by atoms with Crippen LogP contribution < -0.4 is 0 Å². The Kier molecular flexibility index (Phi) is 3.93. The molecule has 2 aliphatic heterocycles. The smallest absolute Gasteiger partial charge is 0.228 e. The number of likely N-dealkylation sites (tertiary alicyclic amines) is 1. The average molecular weight is 292 g/mol. The van der Waals surface area contributed by atoms with Gasteiger partial charge < -0.3 is 9.64 Å². The van der Waals surface area contributed by atoms with Gasteiger partial charge in [0, 0.05) is 18.8 Å². The standard InChI is InChI=1S/C16H21FN2O2/c1-2-12-8-16(21-10-12)5-6-19(11-16)15(20)7-14-4-3-13(17)9-18-14/h3-4,9,12H,2,5-8,10-11H2,1H3. The van der Waals surface area contributed by atoms with Crippen molar-refractivity contribution in [1.82, 2.24) is 9.88 Å². The Morgan fingerprint density at radius 3 is 3.10 bits per heavy atom. The first-order chi connectivity index (χ1) is 10.1. The molecule has 0 radical (unpaired) electrons. The van der Waals surface area contributed by atoms with Crippen molar-refractivity contribution >= 4 is 5.91 Å². The minimum atomic E-state index is -0.378. The third-order valence-corrected chi connectivity index (χ3v) is 4.65. The number of halogens is 1. The fourth-order valence-corrected chi connectivity index (χ4v) is 3.32. The Morgan fingerprint density at radius 1 is 1.57 bits per heavy atom. The number of ether oxygens (including phenoxy) is 1. The predicted octanol–water partition coefficient (Wildman–Crippen LogP) is 2.18. The van der Waals surface area contributed by atoms with E-state index in [1.807, 2.05) is 4.90 Å². The van der Waals surface area contributed by atoms with Gasteiger partial charge in [0.15, 0.2) is 0 Å². The van der Waals surface area contributed by atoms with Crippen LogP contribution in [0.25, 0.3) is 0 Å². The van der Waals surface area contributed by atoms with Gasteiger partial charge in [-0.2, -0.15) is 0 Å². The van der Waals surface area contributed by atoms with Gasteiger partial charge in [-0.05, 0) is 30.9 Å². The van der Waals surface area contributed by atoms with Gasteiger partial charge in [-0.25, -0.2) is 4.39 Å². The molecule has 1 amide bonds. The quantitative estimate of drug-likeness (QED) is 0.857. The molecule has 1 spiro atoms. The van der Waals surface area contributed by atoms with Crippen molar-refractivity contribution in [3.63, 3.8) is 0 Å². The lowest BCUT2D eigenvalue weighted by Gasteiger charge is -2.23. The average Bonchev–Trinajstić information content (AvgIpc) is 3.09. The highest BCUT2D eigenvalue weighted by atomic mass is 19.1. The number of hydrogen-bond donors (Lipinski definition) is 0. The molecule has 2 saturated heterocycles. The monoisotopic (exact) mass is 292 g/mol. The fourth-order valence-electron chi connectivity index (χ4n) is 3.32. The number of nitrogens with zero attached hydrogens (tertiary/aromatic N) is 2. The van der Waals surface area contributed by atoms with Crippen LogP contribution in [0, 0.1) is 11.7 Å². The molecule has 0 N–H and O–H groups in total. The number of pyridine rings is 1. The number of aromatic nitrogens is 1. The van der Waals surface area contributed by atoms with E-state index in [0.29, 0.717) is 18.2 Å². The zero-order valence-electron chi connectivity index (χ0n) is 12.3. The molecule has 2 atom stereocenters. The summed E-state index contributed by atoms with van der Waals surface area (Å²) >= 11 is 0. The van der Waals surface area contributed by atoms with E-state index < -0.39 is 0 Å². The van der Waals surface area contributed by atoms with E-state index in [0.717, 1.165) is 38.6 Å². The third kappa shape index (κ3) is 3.07. The molecule has 4 nitrogen and oxygen atoms in total. The maximum absolute atomic E-state index is 12.8. The summed E-state index contributed by atoms with van der Waals surface area (Å²) in [6.07, 6.45) is 4.50. The van der Waals surface area contributed by atoms with Crippen LogP contribution in [0.1, 0.15) is 31.9 Å². The molecule has 0 aliphatic carbocycles. The number of amides is 1. The first-order valence-corrected chi connectivity index (χ1v) is 7.62.